The molecule has 0 bridgehead atoms. The largest absolute Gasteiger partial charge is 0.483 e. The smallest absolute Gasteiger partial charge is 0.416 e. The fourth-order valence-corrected chi connectivity index (χ4v) is 4.19. The number of amides is 1. The number of aliphatic hydroxyl groups excluding tert-OH is 1. The van der Waals surface area contributed by atoms with E-state index < -0.39 is 23.7 Å². The van der Waals surface area contributed by atoms with Crippen molar-refractivity contribution >= 4 is 12.4 Å². The SMILES string of the molecule is CC(=O)N[C@@H]1C[C@@H]2CN(Cc3cc(C(F)(F)F)ccc3F)C[C@@H]2C[C@H]1O.O=CO. The second-order valence-electron chi connectivity index (χ2n) is 7.47. The Kier molecular flexibility index (Phi) is 7.59. The molecule has 162 valence electrons. The van der Waals surface area contributed by atoms with Crippen LogP contribution in [0.4, 0.5) is 17.6 Å². The van der Waals surface area contributed by atoms with Gasteiger partial charge in [0.15, 0.2) is 0 Å². The molecule has 1 aromatic rings. The lowest BCUT2D eigenvalue weighted by Crippen LogP contribution is -2.48. The quantitative estimate of drug-likeness (QED) is 0.516. The summed E-state index contributed by atoms with van der Waals surface area (Å²) < 4.78 is 52.5. The minimum absolute atomic E-state index is 0.0254. The van der Waals surface area contributed by atoms with Crippen LogP contribution in [0.1, 0.15) is 30.9 Å². The minimum atomic E-state index is -4.50. The molecule has 29 heavy (non-hydrogen) atoms. The van der Waals surface area contributed by atoms with Gasteiger partial charge in [-0.05, 0) is 42.9 Å². The Labute approximate surface area is 165 Å². The molecule has 0 spiro atoms. The zero-order valence-electron chi connectivity index (χ0n) is 15.8. The lowest BCUT2D eigenvalue weighted by Gasteiger charge is -2.35. The maximum Gasteiger partial charge on any atom is 0.416 e. The third-order valence-corrected chi connectivity index (χ3v) is 5.37. The summed E-state index contributed by atoms with van der Waals surface area (Å²) in [6.07, 6.45) is -3.99. The number of carbonyl (C=O) groups is 2. The van der Waals surface area contributed by atoms with E-state index in [9.17, 15) is 27.5 Å². The normalized spacial score (nSPS) is 26.8. The number of alkyl halides is 3. The molecule has 10 heteroatoms. The van der Waals surface area contributed by atoms with Crippen molar-refractivity contribution in [2.24, 2.45) is 11.8 Å². The minimum Gasteiger partial charge on any atom is -0.483 e. The Hall–Kier alpha value is -2.20. The number of nitrogens with zero attached hydrogens (tertiary/aromatic N) is 1. The van der Waals surface area contributed by atoms with Gasteiger partial charge >= 0.3 is 6.18 Å². The number of carboxylic acid groups (broad SMARTS) is 1. The van der Waals surface area contributed by atoms with Gasteiger partial charge in [0.2, 0.25) is 5.91 Å². The summed E-state index contributed by atoms with van der Waals surface area (Å²) >= 11 is 0. The standard InChI is InChI=1S/C18H22F4N2O2.CH2O2/c1-10(25)23-16-5-11-7-24(8-12(11)6-17(16)26)9-13-4-14(18(20,21)22)2-3-15(13)19;2-1-3/h2-4,11-12,16-17,26H,5-9H2,1H3,(H,23,25);1H,(H,2,3)/t11-,12+,16-,17-;/m1./s1. The number of hydrogen-bond acceptors (Lipinski definition) is 4. The second-order valence-corrected chi connectivity index (χ2v) is 7.47. The molecule has 1 aliphatic carbocycles. The molecule has 2 aliphatic rings. The van der Waals surface area contributed by atoms with Crippen LogP contribution in [0, 0.1) is 17.7 Å². The molecule has 1 heterocycles. The highest BCUT2D eigenvalue weighted by molar-refractivity contribution is 5.73. The maximum atomic E-state index is 14.0. The predicted molar refractivity (Wildman–Crippen MR) is 95.2 cm³/mol. The number of benzene rings is 1. The van der Waals surface area contributed by atoms with Crippen LogP contribution in [0.2, 0.25) is 0 Å². The molecule has 1 aromatic carbocycles. The van der Waals surface area contributed by atoms with Crippen LogP contribution in [0.5, 0.6) is 0 Å². The van der Waals surface area contributed by atoms with Crippen molar-refractivity contribution in [3.63, 3.8) is 0 Å². The highest BCUT2D eigenvalue weighted by atomic mass is 19.4. The van der Waals surface area contributed by atoms with Crippen LogP contribution < -0.4 is 5.32 Å². The molecule has 1 saturated carbocycles. The van der Waals surface area contributed by atoms with Crippen molar-refractivity contribution in [3.05, 3.63) is 35.1 Å². The van der Waals surface area contributed by atoms with Gasteiger partial charge in [0.05, 0.1) is 17.7 Å². The first kappa shape index (κ1) is 23.1. The summed E-state index contributed by atoms with van der Waals surface area (Å²) in [5.74, 6) is -0.426. The van der Waals surface area contributed by atoms with E-state index in [4.69, 9.17) is 9.90 Å². The lowest BCUT2D eigenvalue weighted by molar-refractivity contribution is -0.137. The molecule has 0 unspecified atom stereocenters. The summed E-state index contributed by atoms with van der Waals surface area (Å²) in [5, 5.41) is 19.8. The van der Waals surface area contributed by atoms with E-state index >= 15 is 0 Å². The Morgan fingerprint density at radius 1 is 1.28 bits per heavy atom. The molecule has 0 aromatic heterocycles. The first-order valence-corrected chi connectivity index (χ1v) is 9.16. The number of aliphatic hydroxyl groups is 1. The first-order chi connectivity index (χ1) is 13.5. The molecular weight excluding hydrogens is 396 g/mol. The molecular formula is C19H24F4N2O4. The van der Waals surface area contributed by atoms with Gasteiger partial charge in [-0.3, -0.25) is 14.5 Å². The number of fused-ring (bicyclic) bond motifs is 1. The molecule has 1 aliphatic heterocycles. The van der Waals surface area contributed by atoms with Crippen molar-refractivity contribution in [2.45, 2.75) is 44.6 Å². The van der Waals surface area contributed by atoms with Crippen molar-refractivity contribution in [1.82, 2.24) is 10.2 Å². The van der Waals surface area contributed by atoms with Gasteiger partial charge < -0.3 is 15.5 Å². The summed E-state index contributed by atoms with van der Waals surface area (Å²) in [5.41, 5.74) is -0.830. The van der Waals surface area contributed by atoms with Crippen LogP contribution >= 0.6 is 0 Å². The fourth-order valence-electron chi connectivity index (χ4n) is 4.19. The number of rotatable bonds is 3. The van der Waals surface area contributed by atoms with Crippen molar-refractivity contribution in [3.8, 4) is 0 Å². The third kappa shape index (κ3) is 6.14. The zero-order valence-corrected chi connectivity index (χ0v) is 15.8. The van der Waals surface area contributed by atoms with Crippen LogP contribution in [0.25, 0.3) is 0 Å². The Balaban J connectivity index is 0.000000941. The second kappa shape index (κ2) is 9.53. The van der Waals surface area contributed by atoms with E-state index in [-0.39, 0.29) is 42.4 Å². The predicted octanol–water partition coefficient (Wildman–Crippen LogP) is 2.25. The number of carbonyl (C=O) groups excluding carboxylic acids is 1. The van der Waals surface area contributed by atoms with Crippen molar-refractivity contribution in [2.75, 3.05) is 13.1 Å². The van der Waals surface area contributed by atoms with E-state index in [2.05, 4.69) is 5.32 Å². The highest BCUT2D eigenvalue weighted by Gasteiger charge is 2.42. The molecule has 2 fully saturated rings. The first-order valence-electron chi connectivity index (χ1n) is 9.16. The molecule has 0 radical (unpaired) electrons. The van der Waals surface area contributed by atoms with E-state index in [1.54, 1.807) is 0 Å². The van der Waals surface area contributed by atoms with Crippen LogP contribution in [0.3, 0.4) is 0 Å². The van der Waals surface area contributed by atoms with Gasteiger partial charge in [-0.2, -0.15) is 13.2 Å². The van der Waals surface area contributed by atoms with Crippen molar-refractivity contribution < 1.29 is 37.4 Å². The number of likely N-dealkylation sites (tertiary alicyclic amines) is 1. The number of hydrogen-bond donors (Lipinski definition) is 3. The maximum absolute atomic E-state index is 14.0. The summed E-state index contributed by atoms with van der Waals surface area (Å²) in [6.45, 7) is 2.47. The average Bonchev–Trinajstić information content (AvgIpc) is 2.97. The van der Waals surface area contributed by atoms with Gasteiger partial charge in [-0.1, -0.05) is 0 Å². The summed E-state index contributed by atoms with van der Waals surface area (Å²) in [7, 11) is 0. The average molecular weight is 420 g/mol. The number of halogens is 4. The monoisotopic (exact) mass is 420 g/mol. The van der Waals surface area contributed by atoms with Gasteiger partial charge in [0.25, 0.3) is 6.47 Å². The molecule has 3 N–H and O–H groups in total. The summed E-state index contributed by atoms with van der Waals surface area (Å²) in [6, 6.07) is 2.17. The topological polar surface area (TPSA) is 89.9 Å². The van der Waals surface area contributed by atoms with Gasteiger partial charge in [-0.25, -0.2) is 4.39 Å². The van der Waals surface area contributed by atoms with Crippen LogP contribution in [-0.2, 0) is 22.3 Å². The molecule has 4 atom stereocenters. The van der Waals surface area contributed by atoms with Crippen molar-refractivity contribution in [1.29, 1.82) is 0 Å². The number of nitrogens with one attached hydrogen (secondary N) is 1. The van der Waals surface area contributed by atoms with E-state index in [1.165, 1.54) is 6.92 Å². The molecule has 1 saturated heterocycles. The Bertz CT molecular complexity index is 729. The van der Waals surface area contributed by atoms with Gasteiger partial charge in [-0.15, -0.1) is 0 Å². The Morgan fingerprint density at radius 3 is 2.41 bits per heavy atom. The van der Waals surface area contributed by atoms with Crippen LogP contribution in [-0.4, -0.2) is 52.7 Å². The van der Waals surface area contributed by atoms with Gasteiger partial charge in [0, 0.05) is 32.1 Å². The lowest BCUT2D eigenvalue weighted by atomic mass is 9.77. The molecule has 3 rings (SSSR count). The zero-order chi connectivity index (χ0) is 21.8. The molecule has 1 amide bonds. The Morgan fingerprint density at radius 2 is 1.86 bits per heavy atom. The highest BCUT2D eigenvalue weighted by Crippen LogP contribution is 2.38. The summed E-state index contributed by atoms with van der Waals surface area (Å²) in [4.78, 5) is 21.5. The van der Waals surface area contributed by atoms with E-state index in [0.717, 1.165) is 18.2 Å². The van der Waals surface area contributed by atoms with E-state index in [0.29, 0.717) is 25.9 Å². The van der Waals surface area contributed by atoms with Crippen LogP contribution in [0.15, 0.2) is 18.2 Å². The van der Waals surface area contributed by atoms with E-state index in [1.807, 2.05) is 4.90 Å². The van der Waals surface area contributed by atoms with Gasteiger partial charge in [0.1, 0.15) is 5.82 Å². The fraction of sp³-hybridized carbons (Fsp3) is 0.579. The third-order valence-electron chi connectivity index (χ3n) is 5.37. The molecule has 6 nitrogen and oxygen atoms in total.